The fraction of sp³-hybridized carbons (Fsp3) is 0.647. The summed E-state index contributed by atoms with van der Waals surface area (Å²) in [6, 6.07) is 2.27. The van der Waals surface area contributed by atoms with Gasteiger partial charge in [-0.25, -0.2) is 0 Å². The molecule has 1 aromatic rings. The van der Waals surface area contributed by atoms with E-state index in [4.69, 9.17) is 0 Å². The topological polar surface area (TPSA) is 52.7 Å². The summed E-state index contributed by atoms with van der Waals surface area (Å²) in [6.07, 6.45) is 7.09. The Hall–Kier alpha value is -1.78. The zero-order valence-corrected chi connectivity index (χ0v) is 13.7. The van der Waals surface area contributed by atoms with Gasteiger partial charge in [0.1, 0.15) is 0 Å². The first kappa shape index (κ1) is 15.1. The standard InChI is InChI=1S/C17H25N5/c1-3-6-14-15-8-5-10-22-9-4-7-13(17(15)22)11-16(14)21-20-12-19-18-2/h11H,3-10,12H2,1-2H3. The number of rotatable bonds is 5. The highest BCUT2D eigenvalue weighted by molar-refractivity contribution is 5.71. The van der Waals surface area contributed by atoms with E-state index in [1.807, 2.05) is 0 Å². The zero-order valence-electron chi connectivity index (χ0n) is 13.7. The summed E-state index contributed by atoms with van der Waals surface area (Å²) in [6.45, 7) is 4.98. The van der Waals surface area contributed by atoms with Crippen molar-refractivity contribution in [1.82, 2.24) is 0 Å². The number of azo groups is 2. The quantitative estimate of drug-likeness (QED) is 0.740. The smallest absolute Gasteiger partial charge is 0.171 e. The van der Waals surface area contributed by atoms with Gasteiger partial charge in [-0.1, -0.05) is 13.3 Å². The molecule has 0 unspecified atom stereocenters. The van der Waals surface area contributed by atoms with Crippen molar-refractivity contribution in [3.8, 4) is 0 Å². The second-order valence-electron chi connectivity index (χ2n) is 6.03. The lowest BCUT2D eigenvalue weighted by atomic mass is 9.86. The number of benzene rings is 1. The molecular weight excluding hydrogens is 274 g/mol. The van der Waals surface area contributed by atoms with Crippen LogP contribution in [-0.2, 0) is 19.3 Å². The molecule has 0 amide bonds. The highest BCUT2D eigenvalue weighted by Gasteiger charge is 2.27. The Morgan fingerprint density at radius 1 is 1.14 bits per heavy atom. The summed E-state index contributed by atoms with van der Waals surface area (Å²) in [5.74, 6) is 0. The molecule has 0 fully saturated rings. The van der Waals surface area contributed by atoms with Crippen molar-refractivity contribution < 1.29 is 0 Å². The molecule has 2 aliphatic rings. The van der Waals surface area contributed by atoms with Crippen LogP contribution in [0.4, 0.5) is 11.4 Å². The first-order valence-electron chi connectivity index (χ1n) is 8.40. The van der Waals surface area contributed by atoms with E-state index in [1.54, 1.807) is 7.05 Å². The summed E-state index contributed by atoms with van der Waals surface area (Å²) in [7, 11) is 1.66. The fourth-order valence-corrected chi connectivity index (χ4v) is 3.73. The van der Waals surface area contributed by atoms with Gasteiger partial charge in [-0.3, -0.25) is 0 Å². The van der Waals surface area contributed by atoms with E-state index in [9.17, 15) is 0 Å². The molecule has 0 spiro atoms. The number of anilines is 1. The van der Waals surface area contributed by atoms with Gasteiger partial charge in [-0.15, -0.1) is 0 Å². The van der Waals surface area contributed by atoms with E-state index in [0.717, 1.165) is 18.5 Å². The molecule has 0 radical (unpaired) electrons. The highest BCUT2D eigenvalue weighted by atomic mass is 15.2. The van der Waals surface area contributed by atoms with Crippen molar-refractivity contribution in [2.24, 2.45) is 20.5 Å². The van der Waals surface area contributed by atoms with Crippen LogP contribution in [0.5, 0.6) is 0 Å². The third kappa shape index (κ3) is 2.89. The van der Waals surface area contributed by atoms with Crippen molar-refractivity contribution in [3.05, 3.63) is 22.8 Å². The number of nitrogens with zero attached hydrogens (tertiary/aromatic N) is 5. The Morgan fingerprint density at radius 2 is 1.95 bits per heavy atom. The average Bonchev–Trinajstić information content (AvgIpc) is 2.55. The van der Waals surface area contributed by atoms with Crippen LogP contribution in [-0.4, -0.2) is 26.8 Å². The number of hydrogen-bond donors (Lipinski definition) is 0. The van der Waals surface area contributed by atoms with Crippen LogP contribution >= 0.6 is 0 Å². The van der Waals surface area contributed by atoms with Crippen molar-refractivity contribution in [3.63, 3.8) is 0 Å². The molecule has 2 heterocycles. The number of aryl methyl sites for hydroxylation is 1. The molecule has 22 heavy (non-hydrogen) atoms. The van der Waals surface area contributed by atoms with Crippen molar-refractivity contribution in [1.29, 1.82) is 0 Å². The lowest BCUT2D eigenvalue weighted by Gasteiger charge is -2.38. The van der Waals surface area contributed by atoms with Crippen LogP contribution in [0.1, 0.15) is 42.9 Å². The van der Waals surface area contributed by atoms with E-state index in [-0.39, 0.29) is 0 Å². The third-order valence-corrected chi connectivity index (χ3v) is 4.57. The molecule has 0 saturated carbocycles. The van der Waals surface area contributed by atoms with Crippen molar-refractivity contribution in [2.45, 2.75) is 45.4 Å². The minimum atomic E-state index is 0.320. The Balaban J connectivity index is 2.03. The molecule has 0 saturated heterocycles. The van der Waals surface area contributed by atoms with Crippen LogP contribution in [0, 0.1) is 0 Å². The highest BCUT2D eigenvalue weighted by Crippen LogP contribution is 2.42. The van der Waals surface area contributed by atoms with E-state index < -0.39 is 0 Å². The molecule has 5 heteroatoms. The van der Waals surface area contributed by atoms with E-state index in [1.165, 1.54) is 61.2 Å². The van der Waals surface area contributed by atoms with Gasteiger partial charge in [0.15, 0.2) is 6.67 Å². The Bertz CT molecular complexity index is 589. The molecule has 2 aliphatic heterocycles. The second kappa shape index (κ2) is 6.99. The Morgan fingerprint density at radius 3 is 2.73 bits per heavy atom. The van der Waals surface area contributed by atoms with Crippen LogP contribution < -0.4 is 4.90 Å². The third-order valence-electron chi connectivity index (χ3n) is 4.57. The minimum absolute atomic E-state index is 0.320. The maximum absolute atomic E-state index is 4.48. The molecule has 0 N–H and O–H groups in total. The van der Waals surface area contributed by atoms with E-state index in [0.29, 0.717) is 6.67 Å². The van der Waals surface area contributed by atoms with Crippen LogP contribution in [0.25, 0.3) is 0 Å². The molecule has 0 bridgehead atoms. The van der Waals surface area contributed by atoms with Crippen LogP contribution in [0.3, 0.4) is 0 Å². The molecule has 5 nitrogen and oxygen atoms in total. The maximum Gasteiger partial charge on any atom is 0.171 e. The predicted molar refractivity (Wildman–Crippen MR) is 89.5 cm³/mol. The second-order valence-corrected chi connectivity index (χ2v) is 6.03. The monoisotopic (exact) mass is 299 g/mol. The predicted octanol–water partition coefficient (Wildman–Crippen LogP) is 4.46. The van der Waals surface area contributed by atoms with Gasteiger partial charge >= 0.3 is 0 Å². The van der Waals surface area contributed by atoms with Crippen molar-refractivity contribution >= 4 is 11.4 Å². The van der Waals surface area contributed by atoms with Crippen molar-refractivity contribution in [2.75, 3.05) is 31.7 Å². The van der Waals surface area contributed by atoms with Gasteiger partial charge in [-0.2, -0.15) is 20.5 Å². The SMILES string of the molecule is CCCc1c(N=NCN=NC)cc2c3c1CCCN3CCC2. The molecule has 1 aromatic carbocycles. The van der Waals surface area contributed by atoms with Gasteiger partial charge in [0.2, 0.25) is 0 Å². The summed E-state index contributed by atoms with van der Waals surface area (Å²) in [5.41, 5.74) is 6.99. The summed E-state index contributed by atoms with van der Waals surface area (Å²) in [4.78, 5) is 2.59. The molecule has 118 valence electrons. The van der Waals surface area contributed by atoms with Crippen LogP contribution in [0.2, 0.25) is 0 Å². The molecule has 3 rings (SSSR count). The Labute approximate surface area is 132 Å². The van der Waals surface area contributed by atoms with E-state index in [2.05, 4.69) is 38.3 Å². The Kier molecular flexibility index (Phi) is 4.80. The summed E-state index contributed by atoms with van der Waals surface area (Å²) >= 11 is 0. The van der Waals surface area contributed by atoms with Gasteiger partial charge < -0.3 is 4.90 Å². The number of hydrogen-bond acceptors (Lipinski definition) is 5. The molecule has 0 aliphatic carbocycles. The van der Waals surface area contributed by atoms with Gasteiger partial charge in [0.05, 0.1) is 5.69 Å². The molecule has 0 atom stereocenters. The largest absolute Gasteiger partial charge is 0.371 e. The van der Waals surface area contributed by atoms with Gasteiger partial charge in [0, 0.05) is 25.8 Å². The summed E-state index contributed by atoms with van der Waals surface area (Å²) < 4.78 is 0. The average molecular weight is 299 g/mol. The van der Waals surface area contributed by atoms with Gasteiger partial charge in [0.25, 0.3) is 0 Å². The molecular formula is C17H25N5. The zero-order chi connectivity index (χ0) is 15.4. The summed E-state index contributed by atoms with van der Waals surface area (Å²) in [5, 5.41) is 16.3. The maximum atomic E-state index is 4.48. The lowest BCUT2D eigenvalue weighted by Crippen LogP contribution is -2.35. The van der Waals surface area contributed by atoms with Crippen LogP contribution in [0.15, 0.2) is 26.5 Å². The first-order chi connectivity index (χ1) is 10.8. The van der Waals surface area contributed by atoms with E-state index >= 15 is 0 Å². The molecule has 0 aromatic heterocycles. The minimum Gasteiger partial charge on any atom is -0.371 e. The normalized spacial score (nSPS) is 17.5. The van der Waals surface area contributed by atoms with Gasteiger partial charge in [-0.05, 0) is 54.9 Å². The first-order valence-corrected chi connectivity index (χ1v) is 8.40. The fourth-order valence-electron chi connectivity index (χ4n) is 3.73. The lowest BCUT2D eigenvalue weighted by molar-refractivity contribution is 0.629.